The van der Waals surface area contributed by atoms with Crippen molar-refractivity contribution in [2.24, 2.45) is 5.41 Å². The topological polar surface area (TPSA) is 82.5 Å². The number of carbonyl (C=O) groups is 2. The first kappa shape index (κ1) is 20.4. The lowest BCUT2D eigenvalue weighted by molar-refractivity contribution is -0.118. The number of ether oxygens (including phenoxy) is 1. The zero-order chi connectivity index (χ0) is 20.6. The van der Waals surface area contributed by atoms with Crippen molar-refractivity contribution in [2.75, 3.05) is 26.2 Å². The van der Waals surface area contributed by atoms with Crippen molar-refractivity contribution in [1.82, 2.24) is 10.2 Å². The second-order valence-electron chi connectivity index (χ2n) is 8.13. The molecule has 6 nitrogen and oxygen atoms in total. The molecule has 2 aliphatic carbocycles. The quantitative estimate of drug-likeness (QED) is 0.372. The Bertz CT molecular complexity index is 885. The molecule has 1 saturated carbocycles. The molecule has 1 heterocycles. The van der Waals surface area contributed by atoms with Crippen LogP contribution in [0.2, 0.25) is 5.02 Å². The number of carbonyl (C=O) groups excluding carboxylic acids is 2. The molecule has 0 atom stereocenters. The Kier molecular flexibility index (Phi) is 5.69. The van der Waals surface area contributed by atoms with Crippen LogP contribution in [-0.4, -0.2) is 55.5 Å². The third kappa shape index (κ3) is 3.93. The van der Waals surface area contributed by atoms with Gasteiger partial charge in [-0.2, -0.15) is 0 Å². The van der Waals surface area contributed by atoms with E-state index in [-0.39, 0.29) is 16.9 Å². The number of hydrogen-bond acceptors (Lipinski definition) is 6. The lowest BCUT2D eigenvalue weighted by atomic mass is 9.61. The van der Waals surface area contributed by atoms with Crippen LogP contribution in [0.4, 0.5) is 0 Å². The second-order valence-corrected chi connectivity index (χ2v) is 8.95. The summed E-state index contributed by atoms with van der Waals surface area (Å²) in [4.78, 5) is 25.0. The fourth-order valence-corrected chi connectivity index (χ4v) is 5.13. The van der Waals surface area contributed by atoms with Gasteiger partial charge in [-0.3, -0.25) is 9.59 Å². The van der Waals surface area contributed by atoms with Crippen molar-refractivity contribution in [3.05, 3.63) is 39.0 Å². The first-order chi connectivity index (χ1) is 13.9. The lowest BCUT2D eigenvalue weighted by Crippen LogP contribution is -2.65. The largest absolute Gasteiger partial charge is 0.490 e. The fourth-order valence-electron chi connectivity index (χ4n) is 4.73. The van der Waals surface area contributed by atoms with Crippen LogP contribution in [0, 0.1) is 10.8 Å². The van der Waals surface area contributed by atoms with Crippen molar-refractivity contribution in [3.63, 3.8) is 0 Å². The Morgan fingerprint density at radius 3 is 2.79 bits per heavy atom. The van der Waals surface area contributed by atoms with E-state index in [4.69, 9.17) is 33.3 Å². The molecule has 0 aromatic heterocycles. The average Bonchev–Trinajstić information content (AvgIpc) is 3.05. The standard InChI is InChI=1S/C21H23Cl2N3O3/c22-15-2-4-19(14-1-3-18(28)20(14)15)29-13-7-21(8-13)11-26(12-21)6-5-25-17(9-24)16(23)10-27/h2,4,9-10,13,24-25H,1,3,5-8,11-12H2/b17-16-,24-9?. The summed E-state index contributed by atoms with van der Waals surface area (Å²) in [5, 5.41) is 10.9. The maximum Gasteiger partial charge on any atom is 0.165 e. The van der Waals surface area contributed by atoms with Gasteiger partial charge in [0.15, 0.2) is 12.1 Å². The van der Waals surface area contributed by atoms with Crippen molar-refractivity contribution in [3.8, 4) is 5.75 Å². The molecule has 1 aromatic rings. The van der Waals surface area contributed by atoms with Crippen molar-refractivity contribution >= 4 is 41.5 Å². The Hall–Kier alpha value is -1.89. The van der Waals surface area contributed by atoms with E-state index in [1.165, 1.54) is 0 Å². The number of likely N-dealkylation sites (tertiary alicyclic amines) is 1. The summed E-state index contributed by atoms with van der Waals surface area (Å²) >= 11 is 11.9. The summed E-state index contributed by atoms with van der Waals surface area (Å²) in [6.07, 6.45) is 5.05. The number of Topliss-reactive ketones (excluding diaryl/α,β-unsaturated/α-hetero) is 1. The van der Waals surface area contributed by atoms with Crippen LogP contribution in [0.5, 0.6) is 5.75 Å². The van der Waals surface area contributed by atoms with Gasteiger partial charge >= 0.3 is 0 Å². The minimum absolute atomic E-state index is 0.0226. The summed E-state index contributed by atoms with van der Waals surface area (Å²) in [6, 6.07) is 3.65. The number of nitrogens with one attached hydrogen (secondary N) is 2. The summed E-state index contributed by atoms with van der Waals surface area (Å²) in [5.74, 6) is 0.924. The predicted molar refractivity (Wildman–Crippen MR) is 112 cm³/mol. The zero-order valence-corrected chi connectivity index (χ0v) is 17.5. The van der Waals surface area contributed by atoms with E-state index in [2.05, 4.69) is 10.2 Å². The highest BCUT2D eigenvalue weighted by Crippen LogP contribution is 2.50. The highest BCUT2D eigenvalue weighted by molar-refractivity contribution is 6.40. The van der Waals surface area contributed by atoms with Gasteiger partial charge in [-0.25, -0.2) is 0 Å². The van der Waals surface area contributed by atoms with Crippen LogP contribution < -0.4 is 10.1 Å². The monoisotopic (exact) mass is 435 g/mol. The minimum Gasteiger partial charge on any atom is -0.490 e. The molecule has 0 unspecified atom stereocenters. The molecule has 2 N–H and O–H groups in total. The van der Waals surface area contributed by atoms with E-state index in [0.29, 0.717) is 47.4 Å². The van der Waals surface area contributed by atoms with Gasteiger partial charge in [0.1, 0.15) is 10.8 Å². The number of nitrogens with zero attached hydrogens (tertiary/aromatic N) is 1. The highest BCUT2D eigenvalue weighted by Gasteiger charge is 2.53. The van der Waals surface area contributed by atoms with Gasteiger partial charge in [0.05, 0.1) is 16.8 Å². The molecule has 1 aromatic carbocycles. The number of benzene rings is 1. The van der Waals surface area contributed by atoms with Gasteiger partial charge in [-0.15, -0.1) is 0 Å². The normalized spacial score (nSPS) is 21.1. The summed E-state index contributed by atoms with van der Waals surface area (Å²) in [6.45, 7) is 3.52. The summed E-state index contributed by atoms with van der Waals surface area (Å²) in [7, 11) is 0. The van der Waals surface area contributed by atoms with E-state index < -0.39 is 0 Å². The summed E-state index contributed by atoms with van der Waals surface area (Å²) < 4.78 is 6.21. The molecule has 1 spiro atoms. The number of hydrogen-bond donors (Lipinski definition) is 2. The summed E-state index contributed by atoms with van der Waals surface area (Å²) in [5.41, 5.74) is 2.29. The molecular formula is C21H23Cl2N3O3. The zero-order valence-electron chi connectivity index (χ0n) is 16.0. The number of allylic oxidation sites excluding steroid dienone is 2. The maximum absolute atomic E-state index is 12.0. The van der Waals surface area contributed by atoms with E-state index in [0.717, 1.165) is 50.0 Å². The van der Waals surface area contributed by atoms with Gasteiger partial charge in [0.2, 0.25) is 0 Å². The predicted octanol–water partition coefficient (Wildman–Crippen LogP) is 3.20. The average molecular weight is 436 g/mol. The molecule has 0 amide bonds. The molecule has 8 heteroatoms. The Morgan fingerprint density at radius 1 is 1.34 bits per heavy atom. The number of aldehydes is 1. The first-order valence-corrected chi connectivity index (χ1v) is 10.5. The minimum atomic E-state index is 0.0226. The first-order valence-electron chi connectivity index (χ1n) is 9.77. The Morgan fingerprint density at radius 2 is 2.10 bits per heavy atom. The lowest BCUT2D eigenvalue weighted by Gasteiger charge is -2.58. The van der Waals surface area contributed by atoms with Crippen molar-refractivity contribution < 1.29 is 14.3 Å². The molecule has 0 radical (unpaired) electrons. The molecule has 29 heavy (non-hydrogen) atoms. The fraction of sp³-hybridized carbons (Fsp3) is 0.476. The number of ketones is 1. The van der Waals surface area contributed by atoms with E-state index in [1.54, 1.807) is 6.07 Å². The van der Waals surface area contributed by atoms with Gasteiger partial charge < -0.3 is 20.4 Å². The third-order valence-electron chi connectivity index (χ3n) is 6.08. The van der Waals surface area contributed by atoms with E-state index in [1.807, 2.05) is 6.07 Å². The van der Waals surface area contributed by atoms with Gasteiger partial charge in [-0.1, -0.05) is 23.2 Å². The SMILES string of the molecule is N=C/C(NCCN1CC2(CC(Oc3ccc(Cl)c4c3CCC4=O)C2)C1)=C(/Cl)C=O. The maximum atomic E-state index is 12.0. The number of halogens is 2. The van der Waals surface area contributed by atoms with Crippen LogP contribution >= 0.6 is 23.2 Å². The van der Waals surface area contributed by atoms with Gasteiger partial charge in [0, 0.05) is 55.4 Å². The molecule has 2 fully saturated rings. The van der Waals surface area contributed by atoms with Gasteiger partial charge in [0.25, 0.3) is 0 Å². The highest BCUT2D eigenvalue weighted by atomic mass is 35.5. The van der Waals surface area contributed by atoms with Crippen LogP contribution in [0.15, 0.2) is 22.9 Å². The van der Waals surface area contributed by atoms with Crippen molar-refractivity contribution in [1.29, 1.82) is 5.41 Å². The van der Waals surface area contributed by atoms with E-state index >= 15 is 0 Å². The Balaban J connectivity index is 1.23. The Labute approximate surface area is 179 Å². The molecule has 154 valence electrons. The number of rotatable bonds is 8. The molecule has 4 rings (SSSR count). The second kappa shape index (κ2) is 8.09. The molecule has 3 aliphatic rings. The third-order valence-corrected chi connectivity index (χ3v) is 6.69. The smallest absolute Gasteiger partial charge is 0.165 e. The van der Waals surface area contributed by atoms with Crippen LogP contribution in [0.25, 0.3) is 0 Å². The molecular weight excluding hydrogens is 413 g/mol. The molecule has 1 aliphatic heterocycles. The molecule has 1 saturated heterocycles. The van der Waals surface area contributed by atoms with E-state index in [9.17, 15) is 9.59 Å². The van der Waals surface area contributed by atoms with Crippen LogP contribution in [0.1, 0.15) is 35.2 Å². The van der Waals surface area contributed by atoms with Crippen LogP contribution in [0.3, 0.4) is 0 Å². The van der Waals surface area contributed by atoms with Crippen molar-refractivity contribution in [2.45, 2.75) is 31.8 Å². The van der Waals surface area contributed by atoms with Gasteiger partial charge in [-0.05, 0) is 31.4 Å². The molecule has 0 bridgehead atoms. The van der Waals surface area contributed by atoms with Crippen LogP contribution in [-0.2, 0) is 11.2 Å². The number of fused-ring (bicyclic) bond motifs is 1.